The molecule has 2 rings (SSSR count). The maximum Gasteiger partial charge on any atom is 0.573 e. The molecule has 0 aliphatic heterocycles. The number of halogens is 5. The molecule has 4 nitrogen and oxygen atoms in total. The minimum Gasteiger partial charge on any atom is -0.404 e. The molecule has 20 heavy (non-hydrogen) atoms. The van der Waals surface area contributed by atoms with Crippen molar-refractivity contribution in [2.24, 2.45) is 0 Å². The molecule has 0 aliphatic carbocycles. The first-order valence-corrected chi connectivity index (χ1v) is 6.72. The van der Waals surface area contributed by atoms with Crippen molar-refractivity contribution in [3.63, 3.8) is 0 Å². The number of hydrogen-bond donors (Lipinski definition) is 1. The van der Waals surface area contributed by atoms with Gasteiger partial charge in [0, 0.05) is 16.9 Å². The molecule has 0 spiro atoms. The molecule has 0 bridgehead atoms. The van der Waals surface area contributed by atoms with Gasteiger partial charge in [-0.15, -0.1) is 13.2 Å². The van der Waals surface area contributed by atoms with Gasteiger partial charge in [0.15, 0.2) is 5.75 Å². The molecule has 0 aliphatic rings. The van der Waals surface area contributed by atoms with Gasteiger partial charge in [-0.05, 0) is 34.1 Å². The van der Waals surface area contributed by atoms with Gasteiger partial charge >= 0.3 is 6.36 Å². The van der Waals surface area contributed by atoms with Crippen molar-refractivity contribution >= 4 is 43.5 Å². The van der Waals surface area contributed by atoms with E-state index in [1.54, 1.807) is 6.07 Å². The second kappa shape index (κ2) is 5.96. The average Bonchev–Trinajstić information content (AvgIpc) is 2.33. The first-order chi connectivity index (χ1) is 9.33. The summed E-state index contributed by atoms with van der Waals surface area (Å²) in [7, 11) is 0. The van der Waals surface area contributed by atoms with Crippen molar-refractivity contribution in [1.82, 2.24) is 9.97 Å². The normalized spacial score (nSPS) is 11.2. The van der Waals surface area contributed by atoms with Crippen molar-refractivity contribution in [3.05, 3.63) is 39.5 Å². The summed E-state index contributed by atoms with van der Waals surface area (Å²) in [5.74, 6) is -0.221. The summed E-state index contributed by atoms with van der Waals surface area (Å²) in [6.45, 7) is 0. The predicted molar refractivity (Wildman–Crippen MR) is 73.8 cm³/mol. The molecule has 1 aromatic carbocycles. The van der Waals surface area contributed by atoms with Crippen LogP contribution in [0.4, 0.5) is 24.8 Å². The number of ether oxygens (including phenoxy) is 1. The summed E-state index contributed by atoms with van der Waals surface area (Å²) >= 11 is 6.25. The highest BCUT2D eigenvalue weighted by molar-refractivity contribution is 9.10. The fourth-order valence-corrected chi connectivity index (χ4v) is 1.85. The summed E-state index contributed by atoms with van der Waals surface area (Å²) in [5.41, 5.74) is 0.104. The lowest BCUT2D eigenvalue weighted by Crippen LogP contribution is -2.18. The van der Waals surface area contributed by atoms with E-state index in [0.29, 0.717) is 8.95 Å². The number of anilines is 2. The van der Waals surface area contributed by atoms with E-state index in [-0.39, 0.29) is 17.4 Å². The summed E-state index contributed by atoms with van der Waals surface area (Å²) in [4.78, 5) is 7.83. The number of benzene rings is 1. The van der Waals surface area contributed by atoms with Crippen molar-refractivity contribution < 1.29 is 17.9 Å². The lowest BCUT2D eigenvalue weighted by atomic mass is 10.3. The third kappa shape index (κ3) is 4.34. The minimum absolute atomic E-state index is 0.104. The van der Waals surface area contributed by atoms with Crippen LogP contribution in [-0.2, 0) is 0 Å². The number of rotatable bonds is 3. The Bertz CT molecular complexity index is 605. The molecule has 1 aromatic heterocycles. The third-order valence-electron chi connectivity index (χ3n) is 2.04. The number of nitrogens with one attached hydrogen (secondary N) is 1. The average molecular weight is 413 g/mol. The fourth-order valence-electron chi connectivity index (χ4n) is 1.31. The van der Waals surface area contributed by atoms with E-state index in [4.69, 9.17) is 0 Å². The van der Waals surface area contributed by atoms with Crippen molar-refractivity contribution in [3.8, 4) is 5.75 Å². The molecule has 106 valence electrons. The Balaban J connectivity index is 2.28. The molecule has 1 N–H and O–H groups in total. The van der Waals surface area contributed by atoms with Gasteiger partial charge in [0.2, 0.25) is 5.95 Å². The maximum absolute atomic E-state index is 12.3. The third-order valence-corrected chi connectivity index (χ3v) is 2.94. The van der Waals surface area contributed by atoms with Crippen molar-refractivity contribution in [1.29, 1.82) is 0 Å². The zero-order valence-corrected chi connectivity index (χ0v) is 12.8. The standard InChI is InChI=1S/C11H6Br2F3N3O/c12-6-1-2-8(9(3-6)20-11(14,15)16)19-10-17-4-7(13)5-18-10/h1-5H,(H,17,18,19). The fraction of sp³-hybridized carbons (Fsp3) is 0.0909. The zero-order chi connectivity index (χ0) is 14.8. The molecule has 0 fully saturated rings. The molecule has 1 heterocycles. The van der Waals surface area contributed by atoms with E-state index in [1.165, 1.54) is 24.5 Å². The van der Waals surface area contributed by atoms with Crippen LogP contribution in [0, 0.1) is 0 Å². The van der Waals surface area contributed by atoms with Crippen LogP contribution in [0.5, 0.6) is 5.75 Å². The molecule has 0 unspecified atom stereocenters. The summed E-state index contributed by atoms with van der Waals surface area (Å²) in [5, 5.41) is 2.66. The van der Waals surface area contributed by atoms with Crippen LogP contribution in [0.3, 0.4) is 0 Å². The second-order valence-electron chi connectivity index (χ2n) is 3.54. The minimum atomic E-state index is -4.78. The topological polar surface area (TPSA) is 47.0 Å². The Kier molecular flexibility index (Phi) is 4.48. The van der Waals surface area contributed by atoms with Crippen LogP contribution in [0.25, 0.3) is 0 Å². The van der Waals surface area contributed by atoms with Gasteiger partial charge in [0.05, 0.1) is 10.2 Å². The van der Waals surface area contributed by atoms with E-state index in [2.05, 4.69) is 51.9 Å². The number of alkyl halides is 3. The summed E-state index contributed by atoms with van der Waals surface area (Å²) < 4.78 is 42.1. The van der Waals surface area contributed by atoms with E-state index in [1.807, 2.05) is 0 Å². The highest BCUT2D eigenvalue weighted by Crippen LogP contribution is 2.34. The largest absolute Gasteiger partial charge is 0.573 e. The van der Waals surface area contributed by atoms with E-state index >= 15 is 0 Å². The molecule has 0 amide bonds. The Morgan fingerprint density at radius 2 is 1.70 bits per heavy atom. The van der Waals surface area contributed by atoms with E-state index in [9.17, 15) is 13.2 Å². The van der Waals surface area contributed by atoms with Crippen LogP contribution in [0.1, 0.15) is 0 Å². The van der Waals surface area contributed by atoms with Crippen LogP contribution in [0.2, 0.25) is 0 Å². The van der Waals surface area contributed by atoms with Crippen LogP contribution in [-0.4, -0.2) is 16.3 Å². The van der Waals surface area contributed by atoms with E-state index in [0.717, 1.165) is 0 Å². The molecular formula is C11H6Br2F3N3O. The SMILES string of the molecule is FC(F)(F)Oc1cc(Br)ccc1Nc1ncc(Br)cn1. The molecule has 2 aromatic rings. The monoisotopic (exact) mass is 411 g/mol. The zero-order valence-electron chi connectivity index (χ0n) is 9.58. The van der Waals surface area contributed by atoms with Gasteiger partial charge in [0.25, 0.3) is 0 Å². The van der Waals surface area contributed by atoms with Gasteiger partial charge in [-0.3, -0.25) is 0 Å². The Morgan fingerprint density at radius 3 is 2.30 bits per heavy atom. The number of hydrogen-bond acceptors (Lipinski definition) is 4. The van der Waals surface area contributed by atoms with E-state index < -0.39 is 6.36 Å². The van der Waals surface area contributed by atoms with Gasteiger partial charge in [-0.1, -0.05) is 15.9 Å². The predicted octanol–water partition coefficient (Wildman–Crippen LogP) is 4.64. The Hall–Kier alpha value is -1.35. The highest BCUT2D eigenvalue weighted by atomic mass is 79.9. The first kappa shape index (κ1) is 15.0. The molecule has 0 saturated carbocycles. The Morgan fingerprint density at radius 1 is 1.05 bits per heavy atom. The van der Waals surface area contributed by atoms with Crippen molar-refractivity contribution in [2.45, 2.75) is 6.36 Å². The quantitative estimate of drug-likeness (QED) is 0.797. The lowest BCUT2D eigenvalue weighted by molar-refractivity contribution is -0.274. The Labute approximate surface area is 128 Å². The van der Waals surface area contributed by atoms with Gasteiger partial charge < -0.3 is 10.1 Å². The lowest BCUT2D eigenvalue weighted by Gasteiger charge is -2.14. The number of aromatic nitrogens is 2. The molecule has 0 radical (unpaired) electrons. The highest BCUT2D eigenvalue weighted by Gasteiger charge is 2.32. The number of nitrogens with zero attached hydrogens (tertiary/aromatic N) is 2. The van der Waals surface area contributed by atoms with Crippen molar-refractivity contribution in [2.75, 3.05) is 5.32 Å². The summed E-state index contributed by atoms with van der Waals surface area (Å²) in [6, 6.07) is 4.20. The first-order valence-electron chi connectivity index (χ1n) is 5.13. The smallest absolute Gasteiger partial charge is 0.404 e. The van der Waals surface area contributed by atoms with Gasteiger partial charge in [-0.2, -0.15) is 0 Å². The van der Waals surface area contributed by atoms with Crippen LogP contribution in [0.15, 0.2) is 39.5 Å². The molecule has 0 atom stereocenters. The van der Waals surface area contributed by atoms with Gasteiger partial charge in [-0.25, -0.2) is 9.97 Å². The van der Waals surface area contributed by atoms with Gasteiger partial charge in [0.1, 0.15) is 0 Å². The van der Waals surface area contributed by atoms with Crippen LogP contribution >= 0.6 is 31.9 Å². The van der Waals surface area contributed by atoms with Crippen LogP contribution < -0.4 is 10.1 Å². The maximum atomic E-state index is 12.3. The second-order valence-corrected chi connectivity index (χ2v) is 5.37. The summed E-state index contributed by atoms with van der Waals surface area (Å²) in [6.07, 6.45) is -1.84. The molecule has 9 heteroatoms. The molecule has 0 saturated heterocycles. The molecular weight excluding hydrogens is 407 g/mol.